The van der Waals surface area contributed by atoms with E-state index in [1.165, 1.54) is 65.7 Å². The van der Waals surface area contributed by atoms with Crippen LogP contribution in [0, 0.1) is 0 Å². The molecule has 0 saturated carbocycles. The normalized spacial score (nSPS) is 11.0. The minimum atomic E-state index is 0.811. The van der Waals surface area contributed by atoms with Gasteiger partial charge >= 0.3 is 0 Å². The number of allylic oxidation sites excluding steroid dienone is 3. The molecule has 0 heterocycles. The maximum absolute atomic E-state index is 4.69. The molecule has 0 aliphatic rings. The van der Waals surface area contributed by atoms with Crippen molar-refractivity contribution in [2.75, 3.05) is 0 Å². The van der Waals surface area contributed by atoms with E-state index in [2.05, 4.69) is 189 Å². The molecule has 0 spiro atoms. The van der Waals surface area contributed by atoms with Crippen LogP contribution in [0.15, 0.2) is 186 Å². The van der Waals surface area contributed by atoms with Crippen LogP contribution in [0.1, 0.15) is 45.7 Å². The van der Waals surface area contributed by atoms with E-state index in [1.807, 2.05) is 45.5 Å². The Morgan fingerprint density at radius 1 is 0.545 bits per heavy atom. The van der Waals surface area contributed by atoms with Gasteiger partial charge in [-0.15, -0.1) is 11.8 Å². The Morgan fingerprint density at radius 3 is 1.80 bits per heavy atom. The lowest BCUT2D eigenvalue weighted by Gasteiger charge is -2.17. The third kappa shape index (κ3) is 8.26. The van der Waals surface area contributed by atoms with Crippen LogP contribution in [0.2, 0.25) is 0 Å². The highest BCUT2D eigenvalue weighted by atomic mass is 32.2. The molecular weight excluding hydrogens is 683 g/mol. The van der Waals surface area contributed by atoms with E-state index in [0.717, 1.165) is 33.0 Å². The molecule has 0 saturated heterocycles. The fraction of sp³-hybridized carbons (Fsp3) is 0.113. The van der Waals surface area contributed by atoms with E-state index in [9.17, 15) is 0 Å². The van der Waals surface area contributed by atoms with Crippen LogP contribution in [-0.2, 0) is 5.75 Å². The SMILES string of the molecule is C=C/C(=C\C)c1ccc2ccc(-c3ccc(CSc4cc(-c5cccc6ccccc56)cc(-c5cccc6ccccc56)c4N=C)cc3)cc2c1.CC.CC. The van der Waals surface area contributed by atoms with Crippen molar-refractivity contribution in [2.45, 2.75) is 45.3 Å². The average molecular weight is 732 g/mol. The molecule has 0 fully saturated rings. The maximum atomic E-state index is 4.69. The summed E-state index contributed by atoms with van der Waals surface area (Å²) in [5.41, 5.74) is 11.6. The molecule has 0 N–H and O–H groups in total. The minimum Gasteiger partial charge on any atom is -0.263 e. The fourth-order valence-electron chi connectivity index (χ4n) is 7.14. The highest BCUT2D eigenvalue weighted by molar-refractivity contribution is 7.98. The van der Waals surface area contributed by atoms with Gasteiger partial charge in [0.15, 0.2) is 0 Å². The lowest BCUT2D eigenvalue weighted by Crippen LogP contribution is -1.90. The van der Waals surface area contributed by atoms with E-state index < -0.39 is 0 Å². The van der Waals surface area contributed by atoms with E-state index in [4.69, 9.17) is 0 Å². The largest absolute Gasteiger partial charge is 0.263 e. The number of rotatable bonds is 9. The van der Waals surface area contributed by atoms with Crippen molar-refractivity contribution in [3.63, 3.8) is 0 Å². The van der Waals surface area contributed by atoms with Crippen molar-refractivity contribution in [1.82, 2.24) is 0 Å². The number of fused-ring (bicyclic) bond motifs is 3. The van der Waals surface area contributed by atoms with Crippen LogP contribution < -0.4 is 0 Å². The van der Waals surface area contributed by atoms with Gasteiger partial charge in [-0.2, -0.15) is 0 Å². The molecule has 0 radical (unpaired) electrons. The molecule has 0 aliphatic carbocycles. The summed E-state index contributed by atoms with van der Waals surface area (Å²) in [6.07, 6.45) is 4.02. The van der Waals surface area contributed by atoms with Crippen molar-refractivity contribution in [3.05, 3.63) is 188 Å². The van der Waals surface area contributed by atoms with Crippen molar-refractivity contribution in [3.8, 4) is 33.4 Å². The molecule has 272 valence electrons. The Kier molecular flexibility index (Phi) is 13.0. The molecule has 8 rings (SSSR count). The van der Waals surface area contributed by atoms with Gasteiger partial charge in [-0.05, 0) is 115 Å². The number of hydrogen-bond acceptors (Lipinski definition) is 2. The molecule has 0 aliphatic heterocycles. The van der Waals surface area contributed by atoms with Gasteiger partial charge in [-0.25, -0.2) is 0 Å². The van der Waals surface area contributed by atoms with E-state index >= 15 is 0 Å². The topological polar surface area (TPSA) is 12.4 Å². The van der Waals surface area contributed by atoms with Gasteiger partial charge in [0.05, 0.1) is 5.69 Å². The summed E-state index contributed by atoms with van der Waals surface area (Å²) in [4.78, 5) is 5.81. The smallest absolute Gasteiger partial charge is 0.0837 e. The van der Waals surface area contributed by atoms with Gasteiger partial charge in [0.25, 0.3) is 0 Å². The molecule has 0 atom stereocenters. The van der Waals surface area contributed by atoms with Gasteiger partial charge in [-0.3, -0.25) is 4.99 Å². The standard InChI is InChI=1S/C49H37NS.2C2H6/c1-4-34(5-2)39-26-24-36-25-27-40(29-41(36)28-39)35-22-20-33(21-23-35)32-51-48-31-42(45-18-10-14-37-12-6-8-16-43(37)45)30-47(49(48)50-3)46-19-11-15-38-13-7-9-17-44(38)46;2*1-2/h4-31H,1,3,32H2,2H3;2*1-2H3/b34-5+;;. The highest BCUT2D eigenvalue weighted by Gasteiger charge is 2.17. The lowest BCUT2D eigenvalue weighted by molar-refractivity contribution is 1.35. The molecule has 0 amide bonds. The molecule has 0 unspecified atom stereocenters. The summed E-state index contributed by atoms with van der Waals surface area (Å²) in [5.74, 6) is 0.811. The van der Waals surface area contributed by atoms with Crippen molar-refractivity contribution < 1.29 is 0 Å². The minimum absolute atomic E-state index is 0.811. The predicted octanol–water partition coefficient (Wildman–Crippen LogP) is 16.4. The summed E-state index contributed by atoms with van der Waals surface area (Å²) in [6.45, 7) is 18.1. The fourth-order valence-corrected chi connectivity index (χ4v) is 8.18. The number of aliphatic imine (C=N–C) groups is 1. The first-order chi connectivity index (χ1) is 27.1. The number of hydrogen-bond donors (Lipinski definition) is 0. The van der Waals surface area contributed by atoms with Crippen LogP contribution in [0.3, 0.4) is 0 Å². The highest BCUT2D eigenvalue weighted by Crippen LogP contribution is 2.45. The molecule has 0 aromatic heterocycles. The summed E-state index contributed by atoms with van der Waals surface area (Å²) in [6, 6.07) is 57.2. The van der Waals surface area contributed by atoms with Crippen LogP contribution in [0.5, 0.6) is 0 Å². The van der Waals surface area contributed by atoms with Gasteiger partial charge < -0.3 is 0 Å². The monoisotopic (exact) mass is 731 g/mol. The number of thioether (sulfide) groups is 1. The Morgan fingerprint density at radius 2 is 1.15 bits per heavy atom. The molecule has 55 heavy (non-hydrogen) atoms. The number of nitrogens with zero attached hydrogens (tertiary/aromatic N) is 1. The zero-order valence-electron chi connectivity index (χ0n) is 32.6. The Labute approximate surface area is 331 Å². The van der Waals surface area contributed by atoms with Gasteiger partial charge in [0, 0.05) is 16.2 Å². The molecular formula is C53H49NS. The summed E-state index contributed by atoms with van der Waals surface area (Å²) in [5, 5.41) is 7.34. The third-order valence-electron chi connectivity index (χ3n) is 9.80. The van der Waals surface area contributed by atoms with E-state index in [1.54, 1.807) is 0 Å². The van der Waals surface area contributed by atoms with Gasteiger partial charge in [0.2, 0.25) is 0 Å². The maximum Gasteiger partial charge on any atom is 0.0837 e. The van der Waals surface area contributed by atoms with Crippen molar-refractivity contribution in [2.24, 2.45) is 4.99 Å². The molecule has 1 nitrogen and oxygen atoms in total. The first-order valence-corrected chi connectivity index (χ1v) is 20.3. The van der Waals surface area contributed by atoms with E-state index in [-0.39, 0.29) is 0 Å². The first kappa shape index (κ1) is 38.8. The Balaban J connectivity index is 0.00000125. The van der Waals surface area contributed by atoms with Crippen LogP contribution >= 0.6 is 11.8 Å². The average Bonchev–Trinajstić information content (AvgIpc) is 3.26. The van der Waals surface area contributed by atoms with Gasteiger partial charge in [-0.1, -0.05) is 180 Å². The molecule has 0 bridgehead atoms. The molecule has 8 aromatic rings. The Hall–Kier alpha value is -5.96. The van der Waals surface area contributed by atoms with Gasteiger partial charge in [0.1, 0.15) is 0 Å². The predicted molar refractivity (Wildman–Crippen MR) is 247 cm³/mol. The van der Waals surface area contributed by atoms with Crippen LogP contribution in [-0.4, -0.2) is 6.72 Å². The first-order valence-electron chi connectivity index (χ1n) is 19.3. The Bertz CT molecular complexity index is 2620. The summed E-state index contributed by atoms with van der Waals surface area (Å²) >= 11 is 1.82. The zero-order chi connectivity index (χ0) is 38.7. The van der Waals surface area contributed by atoms with Crippen LogP contribution in [0.4, 0.5) is 5.69 Å². The van der Waals surface area contributed by atoms with Crippen LogP contribution in [0.25, 0.3) is 71.3 Å². The molecule has 2 heteroatoms. The second kappa shape index (κ2) is 18.4. The number of benzene rings is 8. The summed E-state index contributed by atoms with van der Waals surface area (Å²) in [7, 11) is 0. The molecule has 8 aromatic carbocycles. The second-order valence-electron chi connectivity index (χ2n) is 12.8. The quantitative estimate of drug-likeness (QED) is 0.0818. The van der Waals surface area contributed by atoms with Crippen molar-refractivity contribution >= 4 is 62.1 Å². The van der Waals surface area contributed by atoms with E-state index in [0.29, 0.717) is 0 Å². The second-order valence-corrected chi connectivity index (χ2v) is 13.8. The lowest BCUT2D eigenvalue weighted by atomic mass is 9.92. The summed E-state index contributed by atoms with van der Waals surface area (Å²) < 4.78 is 0. The van der Waals surface area contributed by atoms with Crippen molar-refractivity contribution in [1.29, 1.82) is 0 Å². The third-order valence-corrected chi connectivity index (χ3v) is 10.9. The zero-order valence-corrected chi connectivity index (χ0v) is 33.5.